The molecule has 0 aliphatic carbocycles. The Morgan fingerprint density at radius 1 is 1.82 bits per heavy atom. The van der Waals surface area contributed by atoms with Gasteiger partial charge in [0.05, 0.1) is 0 Å². The number of carbonyl (C=O) groups is 1. The van der Waals surface area contributed by atoms with Crippen molar-refractivity contribution in [2.45, 2.75) is 6.92 Å². The summed E-state index contributed by atoms with van der Waals surface area (Å²) in [6, 6.07) is 1.57. The first-order valence-corrected chi connectivity index (χ1v) is 3.17. The number of nitrogens with zero attached hydrogens (tertiary/aromatic N) is 1. The quantitative estimate of drug-likeness (QED) is 0.647. The summed E-state index contributed by atoms with van der Waals surface area (Å²) in [6.45, 7) is 1.77. The first kappa shape index (κ1) is 7.53. The summed E-state index contributed by atoms with van der Waals surface area (Å²) in [5.74, 6) is 0.217. The van der Waals surface area contributed by atoms with Crippen molar-refractivity contribution in [1.82, 2.24) is 5.16 Å². The largest absolute Gasteiger partial charge is 0.363 e. The molecular weight excluding hydrogens is 144 g/mol. The second-order valence-electron chi connectivity index (χ2n) is 1.87. The lowest BCUT2D eigenvalue weighted by molar-refractivity contribution is -0.111. The summed E-state index contributed by atoms with van der Waals surface area (Å²) in [7, 11) is 0. The van der Waals surface area contributed by atoms with Gasteiger partial charge in [-0.3, -0.25) is 4.79 Å². The van der Waals surface area contributed by atoms with Crippen LogP contribution in [-0.4, -0.2) is 11.1 Å². The van der Waals surface area contributed by atoms with E-state index in [0.29, 0.717) is 5.82 Å². The minimum atomic E-state index is -0.207. The molecule has 4 nitrogen and oxygen atoms in total. The number of rotatable bonds is 2. The zero-order chi connectivity index (χ0) is 8.10. The van der Waals surface area contributed by atoms with Crippen molar-refractivity contribution >= 4 is 11.7 Å². The Kier molecular flexibility index (Phi) is 2.43. The summed E-state index contributed by atoms with van der Waals surface area (Å²) in [5.41, 5.74) is 0. The molecule has 0 saturated heterocycles. The van der Waals surface area contributed by atoms with Gasteiger partial charge in [-0.25, -0.2) is 0 Å². The molecule has 1 aromatic rings. The Labute approximate surface area is 63.9 Å². The molecular formula is C7H8N2O2. The topological polar surface area (TPSA) is 55.1 Å². The van der Waals surface area contributed by atoms with Crippen LogP contribution < -0.4 is 5.32 Å². The van der Waals surface area contributed by atoms with Crippen molar-refractivity contribution in [3.8, 4) is 0 Å². The molecule has 4 heteroatoms. The molecule has 11 heavy (non-hydrogen) atoms. The molecule has 0 spiro atoms. The van der Waals surface area contributed by atoms with Crippen LogP contribution in [0.4, 0.5) is 5.82 Å². The number of nitrogens with one attached hydrogen (secondary N) is 1. The highest BCUT2D eigenvalue weighted by atomic mass is 16.5. The van der Waals surface area contributed by atoms with Crippen molar-refractivity contribution in [2.75, 3.05) is 5.32 Å². The van der Waals surface area contributed by atoms with Crippen LogP contribution >= 0.6 is 0 Å². The molecule has 0 unspecified atom stereocenters. The summed E-state index contributed by atoms with van der Waals surface area (Å²) < 4.78 is 4.50. The van der Waals surface area contributed by atoms with E-state index in [0.717, 1.165) is 0 Å². The lowest BCUT2D eigenvalue weighted by atomic mass is 10.5. The van der Waals surface area contributed by atoms with Gasteiger partial charge < -0.3 is 9.84 Å². The molecule has 0 bridgehead atoms. The molecule has 0 fully saturated rings. The molecule has 1 rings (SSSR count). The molecule has 0 aliphatic heterocycles. The summed E-state index contributed by atoms with van der Waals surface area (Å²) in [5, 5.41) is 5.99. The number of hydrogen-bond donors (Lipinski definition) is 1. The minimum Gasteiger partial charge on any atom is -0.363 e. The molecule has 0 atom stereocenters. The number of allylic oxidation sites excluding steroid dienone is 1. The fourth-order valence-electron chi connectivity index (χ4n) is 0.596. The van der Waals surface area contributed by atoms with Gasteiger partial charge in [-0.15, -0.1) is 0 Å². The highest BCUT2D eigenvalue weighted by Gasteiger charge is 1.97. The first-order chi connectivity index (χ1) is 5.33. The Morgan fingerprint density at radius 2 is 2.64 bits per heavy atom. The maximum atomic E-state index is 10.8. The van der Waals surface area contributed by atoms with Gasteiger partial charge in [-0.1, -0.05) is 11.2 Å². The maximum absolute atomic E-state index is 10.8. The van der Waals surface area contributed by atoms with Crippen LogP contribution in [0, 0.1) is 0 Å². The molecule has 1 aromatic heterocycles. The molecule has 0 saturated carbocycles. The van der Waals surface area contributed by atoms with E-state index in [9.17, 15) is 4.79 Å². The van der Waals surface area contributed by atoms with Gasteiger partial charge >= 0.3 is 0 Å². The average molecular weight is 152 g/mol. The normalized spacial score (nSPS) is 10.3. The third-order valence-corrected chi connectivity index (χ3v) is 1.01. The predicted molar refractivity (Wildman–Crippen MR) is 39.9 cm³/mol. The molecule has 1 heterocycles. The van der Waals surface area contributed by atoms with E-state index in [-0.39, 0.29) is 5.91 Å². The van der Waals surface area contributed by atoms with Gasteiger partial charge in [0, 0.05) is 6.07 Å². The van der Waals surface area contributed by atoms with Gasteiger partial charge in [-0.05, 0) is 13.0 Å². The number of carbonyl (C=O) groups excluding carboxylic acids is 1. The second kappa shape index (κ2) is 3.55. The number of anilines is 1. The van der Waals surface area contributed by atoms with Crippen molar-refractivity contribution in [1.29, 1.82) is 0 Å². The van der Waals surface area contributed by atoms with E-state index in [1.54, 1.807) is 19.1 Å². The van der Waals surface area contributed by atoms with Gasteiger partial charge in [0.1, 0.15) is 6.26 Å². The Hall–Kier alpha value is -1.58. The zero-order valence-corrected chi connectivity index (χ0v) is 6.07. The Morgan fingerprint density at radius 3 is 3.18 bits per heavy atom. The summed E-state index contributed by atoms with van der Waals surface area (Å²) in [4.78, 5) is 10.8. The lowest BCUT2D eigenvalue weighted by Gasteiger charge is -1.92. The maximum Gasteiger partial charge on any atom is 0.249 e. The van der Waals surface area contributed by atoms with E-state index in [1.807, 2.05) is 0 Å². The lowest BCUT2D eigenvalue weighted by Crippen LogP contribution is -2.07. The van der Waals surface area contributed by atoms with Gasteiger partial charge in [0.25, 0.3) is 0 Å². The van der Waals surface area contributed by atoms with Crippen molar-refractivity contribution < 1.29 is 9.32 Å². The van der Waals surface area contributed by atoms with E-state index in [4.69, 9.17) is 0 Å². The highest BCUT2D eigenvalue weighted by molar-refractivity contribution is 5.98. The third-order valence-electron chi connectivity index (χ3n) is 1.01. The van der Waals surface area contributed by atoms with Crippen molar-refractivity contribution in [3.63, 3.8) is 0 Å². The molecule has 1 N–H and O–H groups in total. The molecule has 0 aliphatic rings. The van der Waals surface area contributed by atoms with Gasteiger partial charge in [-0.2, -0.15) is 0 Å². The third kappa shape index (κ3) is 2.25. The van der Waals surface area contributed by atoms with Gasteiger partial charge in [0.15, 0.2) is 5.82 Å². The van der Waals surface area contributed by atoms with Crippen molar-refractivity contribution in [2.24, 2.45) is 0 Å². The molecule has 58 valence electrons. The number of amides is 1. The van der Waals surface area contributed by atoms with Crippen molar-refractivity contribution in [3.05, 3.63) is 24.5 Å². The van der Waals surface area contributed by atoms with Crippen LogP contribution in [0.25, 0.3) is 0 Å². The zero-order valence-electron chi connectivity index (χ0n) is 6.07. The van der Waals surface area contributed by atoms with E-state index >= 15 is 0 Å². The van der Waals surface area contributed by atoms with Crippen LogP contribution in [0.1, 0.15) is 6.92 Å². The SMILES string of the molecule is CC=CC(=O)Nc1ccon1. The Balaban J connectivity index is 2.50. The monoisotopic (exact) mass is 152 g/mol. The average Bonchev–Trinajstić information content (AvgIpc) is 2.40. The van der Waals surface area contributed by atoms with E-state index < -0.39 is 0 Å². The van der Waals surface area contributed by atoms with Crippen LogP contribution in [-0.2, 0) is 4.79 Å². The van der Waals surface area contributed by atoms with Crippen LogP contribution in [0.15, 0.2) is 29.0 Å². The smallest absolute Gasteiger partial charge is 0.249 e. The van der Waals surface area contributed by atoms with Crippen LogP contribution in [0.5, 0.6) is 0 Å². The fourth-order valence-corrected chi connectivity index (χ4v) is 0.596. The predicted octanol–water partition coefficient (Wildman–Crippen LogP) is 1.19. The molecule has 0 radical (unpaired) electrons. The summed E-state index contributed by atoms with van der Waals surface area (Å²) >= 11 is 0. The standard InChI is InChI=1S/C7H8N2O2/c1-2-3-7(10)8-6-4-5-11-9-6/h2-5H,1H3,(H,8,9,10). The highest BCUT2D eigenvalue weighted by Crippen LogP contribution is 2.00. The first-order valence-electron chi connectivity index (χ1n) is 3.17. The van der Waals surface area contributed by atoms with Crippen LogP contribution in [0.3, 0.4) is 0 Å². The van der Waals surface area contributed by atoms with E-state index in [1.165, 1.54) is 12.3 Å². The number of aromatic nitrogens is 1. The number of hydrogen-bond acceptors (Lipinski definition) is 3. The molecule has 0 aromatic carbocycles. The van der Waals surface area contributed by atoms with E-state index in [2.05, 4.69) is 15.0 Å². The fraction of sp³-hybridized carbons (Fsp3) is 0.143. The molecule has 1 amide bonds. The second-order valence-corrected chi connectivity index (χ2v) is 1.87. The summed E-state index contributed by atoms with van der Waals surface area (Å²) in [6.07, 6.45) is 4.45. The minimum absolute atomic E-state index is 0.207. The van der Waals surface area contributed by atoms with Crippen LogP contribution in [0.2, 0.25) is 0 Å². The Bertz CT molecular complexity index is 251. The van der Waals surface area contributed by atoms with Gasteiger partial charge in [0.2, 0.25) is 5.91 Å².